The van der Waals surface area contributed by atoms with Crippen molar-refractivity contribution in [1.82, 2.24) is 4.57 Å². The minimum atomic E-state index is -0.798. The fourth-order valence-corrected chi connectivity index (χ4v) is 0.997. The van der Waals surface area contributed by atoms with E-state index in [0.29, 0.717) is 0 Å². The minimum Gasteiger partial charge on any atom is -0.481 e. The van der Waals surface area contributed by atoms with Gasteiger partial charge >= 0.3 is 5.97 Å². The number of nitrogens with zero attached hydrogens (tertiary/aromatic N) is 1. The van der Waals surface area contributed by atoms with E-state index >= 15 is 0 Å². The summed E-state index contributed by atoms with van der Waals surface area (Å²) in [6.07, 6.45) is 3.67. The van der Waals surface area contributed by atoms with Gasteiger partial charge in [0.25, 0.3) is 0 Å². The van der Waals surface area contributed by atoms with Crippen LogP contribution < -0.4 is 0 Å². The fourth-order valence-electron chi connectivity index (χ4n) is 0.997. The molecule has 0 saturated heterocycles. The molecule has 0 aliphatic carbocycles. The van der Waals surface area contributed by atoms with Crippen molar-refractivity contribution in [2.75, 3.05) is 0 Å². The first-order valence-electron chi connectivity index (χ1n) is 3.80. The normalized spacial score (nSPS) is 11.6. The Morgan fingerprint density at radius 3 is 2.50 bits per heavy atom. The molecule has 1 N–H and O–H groups in total. The monoisotopic (exact) mass is 167 g/mol. The summed E-state index contributed by atoms with van der Waals surface area (Å²) >= 11 is 0. The molecule has 0 unspecified atom stereocenters. The second-order valence-corrected chi connectivity index (χ2v) is 3.50. The van der Waals surface area contributed by atoms with Crippen LogP contribution in [0.25, 0.3) is 0 Å². The number of hydrogen-bond acceptors (Lipinski definition) is 1. The predicted octanol–water partition coefficient (Wildman–Crippen LogP) is 1.39. The smallest absolute Gasteiger partial charge is 0.313 e. The van der Waals surface area contributed by atoms with E-state index in [-0.39, 0.29) is 0 Å². The number of hydrogen-bond donors (Lipinski definition) is 1. The summed E-state index contributed by atoms with van der Waals surface area (Å²) in [7, 11) is 1.88. The van der Waals surface area contributed by atoms with Crippen LogP contribution in [0.4, 0.5) is 0 Å². The lowest BCUT2D eigenvalue weighted by Crippen LogP contribution is -2.27. The average Bonchev–Trinajstić information content (AvgIpc) is 2.35. The highest BCUT2D eigenvalue weighted by molar-refractivity contribution is 5.80. The van der Waals surface area contributed by atoms with Gasteiger partial charge < -0.3 is 9.67 Å². The van der Waals surface area contributed by atoms with Crippen LogP contribution in [-0.4, -0.2) is 15.6 Å². The van der Waals surface area contributed by atoms with Crippen LogP contribution in [0, 0.1) is 0 Å². The fraction of sp³-hybridized carbons (Fsp3) is 0.444. The molecular weight excluding hydrogens is 154 g/mol. The molecule has 0 saturated carbocycles. The third-order valence-electron chi connectivity index (χ3n) is 2.09. The minimum absolute atomic E-state index is 0.790. The largest absolute Gasteiger partial charge is 0.481 e. The van der Waals surface area contributed by atoms with Gasteiger partial charge in [-0.15, -0.1) is 0 Å². The topological polar surface area (TPSA) is 42.2 Å². The molecule has 0 fully saturated rings. The highest BCUT2D eigenvalue weighted by atomic mass is 16.4. The van der Waals surface area contributed by atoms with Crippen LogP contribution in [0.15, 0.2) is 18.5 Å². The molecule has 0 bridgehead atoms. The van der Waals surface area contributed by atoms with Gasteiger partial charge in [-0.2, -0.15) is 0 Å². The highest BCUT2D eigenvalue weighted by Crippen LogP contribution is 2.22. The van der Waals surface area contributed by atoms with Gasteiger partial charge in [0.2, 0.25) is 0 Å². The molecule has 1 aromatic rings. The number of aromatic nitrogens is 1. The molecule has 0 radical (unpaired) electrons. The van der Waals surface area contributed by atoms with Crippen LogP contribution in [0.2, 0.25) is 0 Å². The highest BCUT2D eigenvalue weighted by Gasteiger charge is 2.29. The lowest BCUT2D eigenvalue weighted by atomic mass is 9.87. The van der Waals surface area contributed by atoms with Gasteiger partial charge in [-0.25, -0.2) is 0 Å². The van der Waals surface area contributed by atoms with Gasteiger partial charge in [0.1, 0.15) is 0 Å². The number of carbonyl (C=O) groups is 1. The summed E-state index contributed by atoms with van der Waals surface area (Å²) in [6, 6.07) is 1.83. The summed E-state index contributed by atoms with van der Waals surface area (Å²) in [4.78, 5) is 10.8. The Kier molecular flexibility index (Phi) is 1.96. The molecule has 0 amide bonds. The van der Waals surface area contributed by atoms with E-state index in [1.165, 1.54) is 0 Å². The van der Waals surface area contributed by atoms with Crippen molar-refractivity contribution in [2.24, 2.45) is 7.05 Å². The van der Waals surface area contributed by atoms with E-state index in [4.69, 9.17) is 5.11 Å². The molecule has 1 rings (SSSR count). The maximum absolute atomic E-state index is 10.8. The van der Waals surface area contributed by atoms with Crippen molar-refractivity contribution < 1.29 is 9.90 Å². The van der Waals surface area contributed by atoms with Crippen molar-refractivity contribution in [2.45, 2.75) is 19.3 Å². The Balaban J connectivity index is 3.05. The summed E-state index contributed by atoms with van der Waals surface area (Å²) in [5.74, 6) is -0.798. The molecule has 1 heterocycles. The number of carboxylic acids is 1. The van der Waals surface area contributed by atoms with Gasteiger partial charge in [-0.05, 0) is 25.5 Å². The molecular formula is C9H13NO2. The zero-order valence-corrected chi connectivity index (χ0v) is 7.53. The molecule has 3 nitrogen and oxygen atoms in total. The second kappa shape index (κ2) is 2.66. The van der Waals surface area contributed by atoms with Gasteiger partial charge in [-0.1, -0.05) is 0 Å². The zero-order chi connectivity index (χ0) is 9.35. The molecule has 0 aliphatic rings. The molecule has 0 aromatic carbocycles. The Bertz CT molecular complexity index is 299. The first-order valence-corrected chi connectivity index (χ1v) is 3.80. The summed E-state index contributed by atoms with van der Waals surface area (Å²) in [5, 5.41) is 8.89. The maximum Gasteiger partial charge on any atom is 0.313 e. The lowest BCUT2D eigenvalue weighted by Gasteiger charge is -2.16. The molecule has 1 aromatic heterocycles. The van der Waals surface area contributed by atoms with Gasteiger partial charge in [-0.3, -0.25) is 4.79 Å². The molecule has 66 valence electrons. The van der Waals surface area contributed by atoms with E-state index in [1.807, 2.05) is 30.1 Å². The van der Waals surface area contributed by atoms with Crippen molar-refractivity contribution in [3.63, 3.8) is 0 Å². The number of aryl methyl sites for hydroxylation is 1. The Labute approximate surface area is 71.6 Å². The van der Waals surface area contributed by atoms with E-state index < -0.39 is 11.4 Å². The summed E-state index contributed by atoms with van der Waals surface area (Å²) in [5.41, 5.74) is 0.0406. The predicted molar refractivity (Wildman–Crippen MR) is 46.1 cm³/mol. The first kappa shape index (κ1) is 8.84. The van der Waals surface area contributed by atoms with E-state index in [2.05, 4.69) is 0 Å². The third kappa shape index (κ3) is 1.35. The van der Waals surface area contributed by atoms with E-state index in [0.717, 1.165) is 5.56 Å². The van der Waals surface area contributed by atoms with Gasteiger partial charge in [0.15, 0.2) is 0 Å². The third-order valence-corrected chi connectivity index (χ3v) is 2.09. The number of aliphatic carboxylic acids is 1. The van der Waals surface area contributed by atoms with Crippen molar-refractivity contribution in [1.29, 1.82) is 0 Å². The first-order chi connectivity index (χ1) is 5.44. The van der Waals surface area contributed by atoms with E-state index in [9.17, 15) is 4.79 Å². The SMILES string of the molecule is Cn1ccc(C(C)(C)C(=O)O)c1. The Morgan fingerprint density at radius 1 is 1.58 bits per heavy atom. The average molecular weight is 167 g/mol. The zero-order valence-electron chi connectivity index (χ0n) is 7.53. The quantitative estimate of drug-likeness (QED) is 0.723. The molecule has 0 atom stereocenters. The molecule has 0 spiro atoms. The van der Waals surface area contributed by atoms with Gasteiger partial charge in [0.05, 0.1) is 5.41 Å². The summed E-state index contributed by atoms with van der Waals surface area (Å²) < 4.78 is 1.85. The van der Waals surface area contributed by atoms with Gasteiger partial charge in [0, 0.05) is 19.4 Å². The van der Waals surface area contributed by atoms with Crippen LogP contribution in [0.3, 0.4) is 0 Å². The van der Waals surface area contributed by atoms with E-state index in [1.54, 1.807) is 13.8 Å². The van der Waals surface area contributed by atoms with Crippen molar-refractivity contribution in [3.05, 3.63) is 24.0 Å². The van der Waals surface area contributed by atoms with Crippen molar-refractivity contribution in [3.8, 4) is 0 Å². The molecule has 0 aliphatic heterocycles. The number of carboxylic acid groups (broad SMARTS) is 1. The standard InChI is InChI=1S/C9H13NO2/c1-9(2,8(11)12)7-4-5-10(3)6-7/h4-6H,1-3H3,(H,11,12). The Hall–Kier alpha value is -1.25. The molecule has 12 heavy (non-hydrogen) atoms. The molecule has 3 heteroatoms. The maximum atomic E-state index is 10.8. The number of rotatable bonds is 2. The Morgan fingerprint density at radius 2 is 2.17 bits per heavy atom. The van der Waals surface area contributed by atoms with Crippen LogP contribution in [-0.2, 0) is 17.3 Å². The summed E-state index contributed by atoms with van der Waals surface area (Å²) in [6.45, 7) is 3.40. The van der Waals surface area contributed by atoms with Crippen LogP contribution >= 0.6 is 0 Å². The van der Waals surface area contributed by atoms with Crippen LogP contribution in [0.1, 0.15) is 19.4 Å². The van der Waals surface area contributed by atoms with Crippen molar-refractivity contribution >= 4 is 5.97 Å². The second-order valence-electron chi connectivity index (χ2n) is 3.50. The lowest BCUT2D eigenvalue weighted by molar-refractivity contribution is -0.142. The van der Waals surface area contributed by atoms with Crippen LogP contribution in [0.5, 0.6) is 0 Å².